The lowest BCUT2D eigenvalue weighted by atomic mass is 9.89. The van der Waals surface area contributed by atoms with Crippen LogP contribution in [0.5, 0.6) is 0 Å². The summed E-state index contributed by atoms with van der Waals surface area (Å²) in [5.74, 6) is 1.12. The number of benzene rings is 1. The maximum Gasteiger partial charge on any atom is 0.239 e. The van der Waals surface area contributed by atoms with E-state index in [1.54, 1.807) is 30.5 Å². The third-order valence-electron chi connectivity index (χ3n) is 6.55. The zero-order valence-electron chi connectivity index (χ0n) is 19.3. The molecule has 3 aromatic rings. The van der Waals surface area contributed by atoms with Crippen LogP contribution in [0.4, 0.5) is 5.82 Å². The second-order valence-electron chi connectivity index (χ2n) is 8.68. The largest absolute Gasteiger partial charge is 0.467 e. The van der Waals surface area contributed by atoms with Crippen molar-refractivity contribution in [1.82, 2.24) is 9.47 Å². The van der Waals surface area contributed by atoms with Gasteiger partial charge in [-0.05, 0) is 81.7 Å². The van der Waals surface area contributed by atoms with Crippen LogP contribution in [0.3, 0.4) is 0 Å². The maximum absolute atomic E-state index is 12.9. The summed E-state index contributed by atoms with van der Waals surface area (Å²) < 4.78 is 7.37. The van der Waals surface area contributed by atoms with Gasteiger partial charge < -0.3 is 14.3 Å². The van der Waals surface area contributed by atoms with Gasteiger partial charge in [-0.3, -0.25) is 14.5 Å². The van der Waals surface area contributed by atoms with Gasteiger partial charge in [-0.15, -0.1) is 0 Å². The van der Waals surface area contributed by atoms with Crippen LogP contribution in [0.1, 0.15) is 45.8 Å². The molecule has 0 unspecified atom stereocenters. The fourth-order valence-electron chi connectivity index (χ4n) is 4.46. The van der Waals surface area contributed by atoms with Gasteiger partial charge in [-0.25, -0.2) is 0 Å². The van der Waals surface area contributed by atoms with Gasteiger partial charge in [0.05, 0.1) is 24.9 Å². The molecule has 1 aliphatic heterocycles. The van der Waals surface area contributed by atoms with E-state index in [4.69, 9.17) is 16.0 Å². The van der Waals surface area contributed by atoms with E-state index in [1.165, 1.54) is 0 Å². The number of anilines is 1. The average Bonchev–Trinajstić information content (AvgIpc) is 3.42. The van der Waals surface area contributed by atoms with Crippen LogP contribution < -0.4 is 5.32 Å². The van der Waals surface area contributed by atoms with Crippen LogP contribution in [-0.4, -0.2) is 40.8 Å². The van der Waals surface area contributed by atoms with Gasteiger partial charge in [-0.2, -0.15) is 5.26 Å². The summed E-state index contributed by atoms with van der Waals surface area (Å²) in [6, 6.07) is 12.9. The smallest absolute Gasteiger partial charge is 0.239 e. The van der Waals surface area contributed by atoms with E-state index in [1.807, 2.05) is 35.4 Å². The van der Waals surface area contributed by atoms with Crippen molar-refractivity contribution in [1.29, 1.82) is 5.26 Å². The summed E-state index contributed by atoms with van der Waals surface area (Å²) >= 11 is 5.92. The summed E-state index contributed by atoms with van der Waals surface area (Å²) in [7, 11) is 0. The third-order valence-corrected chi connectivity index (χ3v) is 6.80. The summed E-state index contributed by atoms with van der Waals surface area (Å²) in [5, 5.41) is 13.3. The number of nitrogens with zero attached hydrogens (tertiary/aromatic N) is 3. The molecule has 1 fully saturated rings. The topological polar surface area (TPSA) is 91.3 Å². The van der Waals surface area contributed by atoms with Crippen molar-refractivity contribution in [2.75, 3.05) is 25.0 Å². The highest BCUT2D eigenvalue weighted by Crippen LogP contribution is 2.28. The lowest BCUT2D eigenvalue weighted by Gasteiger charge is -2.30. The molecule has 176 valence electrons. The molecule has 1 N–H and O–H groups in total. The lowest BCUT2D eigenvalue weighted by molar-refractivity contribution is -0.117. The molecule has 3 heterocycles. The summed E-state index contributed by atoms with van der Waals surface area (Å²) in [5.41, 5.74) is 2.88. The first-order valence-electron chi connectivity index (χ1n) is 11.3. The predicted octanol–water partition coefficient (Wildman–Crippen LogP) is 4.80. The van der Waals surface area contributed by atoms with Crippen molar-refractivity contribution in [3.8, 4) is 6.07 Å². The molecule has 1 aromatic carbocycles. The van der Waals surface area contributed by atoms with Crippen LogP contribution in [0.25, 0.3) is 0 Å². The molecule has 0 radical (unpaired) electrons. The lowest BCUT2D eigenvalue weighted by Crippen LogP contribution is -2.41. The molecule has 1 amide bonds. The average molecular weight is 479 g/mol. The SMILES string of the molecule is Cc1c(C#N)c(NC(=O)CN2CCC(C(=O)c3ccc(Cl)cc3)CC2)n(Cc2ccco2)c1C. The molecular weight excluding hydrogens is 452 g/mol. The van der Waals surface area contributed by atoms with Crippen molar-refractivity contribution in [2.24, 2.45) is 5.92 Å². The number of amides is 1. The van der Waals surface area contributed by atoms with Gasteiger partial charge in [0.1, 0.15) is 17.6 Å². The highest BCUT2D eigenvalue weighted by Gasteiger charge is 2.27. The minimum Gasteiger partial charge on any atom is -0.467 e. The number of halogens is 1. The van der Waals surface area contributed by atoms with E-state index < -0.39 is 0 Å². The normalized spacial score (nSPS) is 14.6. The highest BCUT2D eigenvalue weighted by atomic mass is 35.5. The summed E-state index contributed by atoms with van der Waals surface area (Å²) in [6.45, 7) is 5.76. The Morgan fingerprint density at radius 3 is 2.50 bits per heavy atom. The minimum atomic E-state index is -0.183. The van der Waals surface area contributed by atoms with E-state index in [0.717, 1.165) is 17.0 Å². The molecule has 7 nitrogen and oxygen atoms in total. The number of carbonyl (C=O) groups is 2. The Hall–Kier alpha value is -3.34. The van der Waals surface area contributed by atoms with E-state index in [2.05, 4.69) is 11.4 Å². The number of ketones is 1. The van der Waals surface area contributed by atoms with Crippen molar-refractivity contribution >= 4 is 29.1 Å². The van der Waals surface area contributed by atoms with Gasteiger partial charge in [0.15, 0.2) is 5.78 Å². The Labute approximate surface area is 203 Å². The second-order valence-corrected chi connectivity index (χ2v) is 9.12. The maximum atomic E-state index is 12.9. The molecular formula is C26H27ClN4O3. The number of hydrogen-bond acceptors (Lipinski definition) is 5. The van der Waals surface area contributed by atoms with Gasteiger partial charge in [0.2, 0.25) is 5.91 Å². The number of nitriles is 1. The molecule has 1 aliphatic rings. The summed E-state index contributed by atoms with van der Waals surface area (Å²) in [6.07, 6.45) is 3.00. The Balaban J connectivity index is 1.38. The number of piperidine rings is 1. The number of rotatable bonds is 7. The quantitative estimate of drug-likeness (QED) is 0.492. The molecule has 1 saturated heterocycles. The second kappa shape index (κ2) is 10.3. The summed E-state index contributed by atoms with van der Waals surface area (Å²) in [4.78, 5) is 27.7. The van der Waals surface area contributed by atoms with E-state index in [-0.39, 0.29) is 24.2 Å². The van der Waals surface area contributed by atoms with Crippen LogP contribution in [0.15, 0.2) is 47.1 Å². The monoisotopic (exact) mass is 478 g/mol. The van der Waals surface area contributed by atoms with Crippen LogP contribution >= 0.6 is 11.6 Å². The fraction of sp³-hybridized carbons (Fsp3) is 0.346. The molecule has 0 bridgehead atoms. The first-order valence-corrected chi connectivity index (χ1v) is 11.7. The number of likely N-dealkylation sites (tertiary alicyclic amines) is 1. The predicted molar refractivity (Wildman–Crippen MR) is 130 cm³/mol. The van der Waals surface area contributed by atoms with Crippen LogP contribution in [0, 0.1) is 31.1 Å². The third kappa shape index (κ3) is 5.09. The zero-order valence-corrected chi connectivity index (χ0v) is 20.1. The van der Waals surface area contributed by atoms with Gasteiger partial charge in [0, 0.05) is 22.2 Å². The minimum absolute atomic E-state index is 0.0542. The molecule has 8 heteroatoms. The van der Waals surface area contributed by atoms with E-state index in [9.17, 15) is 14.9 Å². The van der Waals surface area contributed by atoms with E-state index in [0.29, 0.717) is 54.4 Å². The molecule has 2 aromatic heterocycles. The number of furan rings is 1. The molecule has 0 aliphatic carbocycles. The standard InChI is InChI=1S/C26H27ClN4O3/c1-17-18(2)31(15-22-4-3-13-34-22)26(23(17)14-28)29-24(32)16-30-11-9-20(10-12-30)25(33)19-5-7-21(27)8-6-19/h3-8,13,20H,9-12,15-16H2,1-2H3,(H,29,32). The first kappa shape index (κ1) is 23.8. The molecule has 34 heavy (non-hydrogen) atoms. The fourth-order valence-corrected chi connectivity index (χ4v) is 4.59. The Kier molecular flexibility index (Phi) is 7.20. The number of hydrogen-bond donors (Lipinski definition) is 1. The number of carbonyl (C=O) groups excluding carboxylic acids is 2. The molecule has 0 saturated carbocycles. The Morgan fingerprint density at radius 2 is 1.88 bits per heavy atom. The van der Waals surface area contributed by atoms with E-state index >= 15 is 0 Å². The molecule has 0 spiro atoms. The Bertz CT molecular complexity index is 1210. The molecule has 4 rings (SSSR count). The van der Waals surface area contributed by atoms with Crippen molar-refractivity contribution < 1.29 is 14.0 Å². The number of nitrogens with one attached hydrogen (secondary N) is 1. The zero-order chi connectivity index (χ0) is 24.2. The van der Waals surface area contributed by atoms with Crippen molar-refractivity contribution in [2.45, 2.75) is 33.2 Å². The van der Waals surface area contributed by atoms with Crippen LogP contribution in [-0.2, 0) is 11.3 Å². The van der Waals surface area contributed by atoms with Crippen molar-refractivity contribution in [3.05, 3.63) is 75.8 Å². The van der Waals surface area contributed by atoms with Gasteiger partial charge in [-0.1, -0.05) is 11.6 Å². The number of Topliss-reactive ketones (excluding diaryl/α,β-unsaturated/α-hetero) is 1. The van der Waals surface area contributed by atoms with Gasteiger partial charge >= 0.3 is 0 Å². The highest BCUT2D eigenvalue weighted by molar-refractivity contribution is 6.30. The first-order chi connectivity index (χ1) is 16.4. The van der Waals surface area contributed by atoms with Crippen LogP contribution in [0.2, 0.25) is 5.02 Å². The number of aromatic nitrogens is 1. The van der Waals surface area contributed by atoms with Gasteiger partial charge in [0.25, 0.3) is 0 Å². The Morgan fingerprint density at radius 1 is 1.18 bits per heavy atom. The molecule has 0 atom stereocenters. The van der Waals surface area contributed by atoms with Crippen molar-refractivity contribution in [3.63, 3.8) is 0 Å².